The van der Waals surface area contributed by atoms with Gasteiger partial charge in [0.05, 0.1) is 12.8 Å². The smallest absolute Gasteiger partial charge is 0.214 e. The molecule has 1 heterocycles. The summed E-state index contributed by atoms with van der Waals surface area (Å²) in [5, 5.41) is 12.9. The van der Waals surface area contributed by atoms with Crippen molar-refractivity contribution >= 4 is 11.8 Å². The van der Waals surface area contributed by atoms with Crippen molar-refractivity contribution in [2.24, 2.45) is 0 Å². The number of benzene rings is 2. The largest absolute Gasteiger partial charge is 0.497 e. The van der Waals surface area contributed by atoms with Crippen LogP contribution >= 0.6 is 11.8 Å². The Morgan fingerprint density at radius 3 is 2.83 bits per heavy atom. The topological polar surface area (TPSA) is 52.8 Å². The van der Waals surface area contributed by atoms with E-state index in [4.69, 9.17) is 4.74 Å². The molecular formula is C17H18N4OS. The van der Waals surface area contributed by atoms with E-state index in [0.717, 1.165) is 27.9 Å². The molecule has 3 rings (SSSR count). The van der Waals surface area contributed by atoms with E-state index in [1.54, 1.807) is 23.6 Å². The second-order valence-electron chi connectivity index (χ2n) is 5.30. The van der Waals surface area contributed by atoms with Crippen LogP contribution in [-0.2, 0) is 5.75 Å². The first kappa shape index (κ1) is 15.6. The van der Waals surface area contributed by atoms with E-state index >= 15 is 0 Å². The summed E-state index contributed by atoms with van der Waals surface area (Å²) in [5.74, 6) is 1.64. The number of rotatable bonds is 5. The maximum atomic E-state index is 5.26. The Morgan fingerprint density at radius 2 is 2.00 bits per heavy atom. The standard InChI is InChI=1S/C17H18N4OS/c1-12-7-8-13(2)16(9-12)21-17(18-19-20-21)23-11-14-5-4-6-15(10-14)22-3/h4-10H,11H2,1-3H3. The lowest BCUT2D eigenvalue weighted by Crippen LogP contribution is -2.02. The molecule has 118 valence electrons. The van der Waals surface area contributed by atoms with Crippen molar-refractivity contribution < 1.29 is 4.74 Å². The third-order valence-corrected chi connectivity index (χ3v) is 4.53. The lowest BCUT2D eigenvalue weighted by molar-refractivity contribution is 0.414. The van der Waals surface area contributed by atoms with E-state index in [0.29, 0.717) is 0 Å². The van der Waals surface area contributed by atoms with Crippen LogP contribution in [0.2, 0.25) is 0 Å². The highest BCUT2D eigenvalue weighted by atomic mass is 32.2. The summed E-state index contributed by atoms with van der Waals surface area (Å²) in [6, 6.07) is 14.3. The number of nitrogens with zero attached hydrogens (tertiary/aromatic N) is 4. The minimum Gasteiger partial charge on any atom is -0.497 e. The highest BCUT2D eigenvalue weighted by molar-refractivity contribution is 7.98. The maximum absolute atomic E-state index is 5.26. The van der Waals surface area contributed by atoms with Gasteiger partial charge in [0, 0.05) is 5.75 Å². The van der Waals surface area contributed by atoms with E-state index < -0.39 is 0 Å². The fourth-order valence-corrected chi connectivity index (χ4v) is 3.10. The summed E-state index contributed by atoms with van der Waals surface area (Å²) in [7, 11) is 1.67. The normalized spacial score (nSPS) is 10.7. The number of methoxy groups -OCH3 is 1. The molecule has 0 N–H and O–H groups in total. The van der Waals surface area contributed by atoms with Crippen molar-refractivity contribution in [2.45, 2.75) is 24.8 Å². The maximum Gasteiger partial charge on any atom is 0.214 e. The zero-order valence-electron chi connectivity index (χ0n) is 13.4. The molecule has 23 heavy (non-hydrogen) atoms. The molecule has 0 unspecified atom stereocenters. The molecule has 0 amide bonds. The SMILES string of the molecule is COc1cccc(CSc2nnnn2-c2cc(C)ccc2C)c1. The molecule has 0 aliphatic rings. The quantitative estimate of drug-likeness (QED) is 0.671. The van der Waals surface area contributed by atoms with Gasteiger partial charge >= 0.3 is 0 Å². The van der Waals surface area contributed by atoms with Crippen LogP contribution in [0, 0.1) is 13.8 Å². The zero-order valence-corrected chi connectivity index (χ0v) is 14.2. The molecule has 0 fully saturated rings. The molecule has 3 aromatic rings. The van der Waals surface area contributed by atoms with Gasteiger partial charge in [-0.05, 0) is 59.2 Å². The van der Waals surface area contributed by atoms with Gasteiger partial charge in [-0.15, -0.1) is 5.10 Å². The second-order valence-corrected chi connectivity index (χ2v) is 6.25. The molecule has 1 aromatic heterocycles. The molecule has 0 atom stereocenters. The molecule has 6 heteroatoms. The number of aryl methyl sites for hydroxylation is 2. The average Bonchev–Trinajstić information content (AvgIpc) is 3.03. The van der Waals surface area contributed by atoms with Gasteiger partial charge in [0.2, 0.25) is 5.16 Å². The molecule has 0 aliphatic carbocycles. The third kappa shape index (κ3) is 3.53. The minimum atomic E-state index is 0.779. The Kier molecular flexibility index (Phi) is 4.62. The van der Waals surface area contributed by atoms with Crippen LogP contribution in [0.25, 0.3) is 5.69 Å². The summed E-state index contributed by atoms with van der Waals surface area (Å²) in [4.78, 5) is 0. The zero-order chi connectivity index (χ0) is 16.2. The van der Waals surface area contributed by atoms with Crippen LogP contribution in [-0.4, -0.2) is 27.3 Å². The van der Waals surface area contributed by atoms with E-state index in [2.05, 4.69) is 53.6 Å². The molecule has 2 aromatic carbocycles. The summed E-state index contributed by atoms with van der Waals surface area (Å²) in [6.45, 7) is 4.13. The summed E-state index contributed by atoms with van der Waals surface area (Å²) in [6.07, 6.45) is 0. The molecule has 0 saturated carbocycles. The highest BCUT2D eigenvalue weighted by Gasteiger charge is 2.11. The molecular weight excluding hydrogens is 308 g/mol. The Hall–Kier alpha value is -2.34. The first-order chi connectivity index (χ1) is 11.2. The van der Waals surface area contributed by atoms with Gasteiger partial charge in [-0.3, -0.25) is 0 Å². The van der Waals surface area contributed by atoms with Crippen molar-refractivity contribution in [2.75, 3.05) is 7.11 Å². The Morgan fingerprint density at radius 1 is 1.13 bits per heavy atom. The van der Waals surface area contributed by atoms with Gasteiger partial charge < -0.3 is 4.74 Å². The van der Waals surface area contributed by atoms with Crippen LogP contribution in [0.3, 0.4) is 0 Å². The number of aromatic nitrogens is 4. The molecule has 0 saturated heterocycles. The third-order valence-electron chi connectivity index (χ3n) is 3.54. The number of ether oxygens (including phenoxy) is 1. The lowest BCUT2D eigenvalue weighted by Gasteiger charge is -2.09. The van der Waals surface area contributed by atoms with E-state index in [9.17, 15) is 0 Å². The molecule has 0 aliphatic heterocycles. The highest BCUT2D eigenvalue weighted by Crippen LogP contribution is 2.25. The fourth-order valence-electron chi connectivity index (χ4n) is 2.28. The number of hydrogen-bond donors (Lipinski definition) is 0. The molecule has 0 radical (unpaired) electrons. The Labute approximate surface area is 139 Å². The van der Waals surface area contributed by atoms with E-state index in [1.165, 1.54) is 11.1 Å². The van der Waals surface area contributed by atoms with E-state index in [-0.39, 0.29) is 0 Å². The van der Waals surface area contributed by atoms with E-state index in [1.807, 2.05) is 18.2 Å². The monoisotopic (exact) mass is 326 g/mol. The molecule has 5 nitrogen and oxygen atoms in total. The van der Waals surface area contributed by atoms with Gasteiger partial charge in [0.1, 0.15) is 5.75 Å². The van der Waals surface area contributed by atoms with Crippen LogP contribution < -0.4 is 4.74 Å². The minimum absolute atomic E-state index is 0.779. The predicted octanol–water partition coefficient (Wildman–Crippen LogP) is 3.58. The summed E-state index contributed by atoms with van der Waals surface area (Å²) >= 11 is 1.61. The Bertz CT molecular complexity index is 816. The number of thioether (sulfide) groups is 1. The van der Waals surface area contributed by atoms with Gasteiger partial charge in [-0.1, -0.05) is 36.0 Å². The van der Waals surface area contributed by atoms with Crippen molar-refractivity contribution in [3.63, 3.8) is 0 Å². The van der Waals surface area contributed by atoms with Crippen LogP contribution in [0.4, 0.5) is 0 Å². The molecule has 0 spiro atoms. The molecule has 0 bridgehead atoms. The predicted molar refractivity (Wildman–Crippen MR) is 91.2 cm³/mol. The Balaban J connectivity index is 1.82. The average molecular weight is 326 g/mol. The second kappa shape index (κ2) is 6.83. The number of tetrazole rings is 1. The summed E-state index contributed by atoms with van der Waals surface area (Å²) < 4.78 is 7.06. The van der Waals surface area contributed by atoms with Gasteiger partial charge in [0.25, 0.3) is 0 Å². The van der Waals surface area contributed by atoms with Gasteiger partial charge in [-0.2, -0.15) is 4.68 Å². The van der Waals surface area contributed by atoms with Crippen molar-refractivity contribution in [1.29, 1.82) is 0 Å². The lowest BCUT2D eigenvalue weighted by atomic mass is 10.1. The summed E-state index contributed by atoms with van der Waals surface area (Å²) in [5.41, 5.74) is 4.52. The van der Waals surface area contributed by atoms with Crippen molar-refractivity contribution in [3.05, 3.63) is 59.2 Å². The van der Waals surface area contributed by atoms with Crippen LogP contribution in [0.5, 0.6) is 5.75 Å². The number of hydrogen-bond acceptors (Lipinski definition) is 5. The van der Waals surface area contributed by atoms with Gasteiger partial charge in [0.15, 0.2) is 0 Å². The first-order valence-corrected chi connectivity index (χ1v) is 8.27. The first-order valence-electron chi connectivity index (χ1n) is 7.29. The van der Waals surface area contributed by atoms with Crippen LogP contribution in [0.1, 0.15) is 16.7 Å². The fraction of sp³-hybridized carbons (Fsp3) is 0.235. The van der Waals surface area contributed by atoms with Crippen LogP contribution in [0.15, 0.2) is 47.6 Å². The van der Waals surface area contributed by atoms with Crippen molar-refractivity contribution in [3.8, 4) is 11.4 Å². The van der Waals surface area contributed by atoms with Gasteiger partial charge in [-0.25, -0.2) is 0 Å². The van der Waals surface area contributed by atoms with Crippen molar-refractivity contribution in [1.82, 2.24) is 20.2 Å².